The number of carbonyl (C=O) groups is 1. The predicted molar refractivity (Wildman–Crippen MR) is 85.7 cm³/mol. The quantitative estimate of drug-likeness (QED) is 0.842. The van der Waals surface area contributed by atoms with Gasteiger partial charge in [-0.25, -0.2) is 4.79 Å². The molecule has 1 aromatic carbocycles. The van der Waals surface area contributed by atoms with Crippen molar-refractivity contribution < 1.29 is 28.9 Å². The molecule has 0 aliphatic carbocycles. The fourth-order valence-corrected chi connectivity index (χ4v) is 3.22. The van der Waals surface area contributed by atoms with E-state index in [1.807, 2.05) is 0 Å². The van der Waals surface area contributed by atoms with Crippen molar-refractivity contribution in [2.24, 2.45) is 0 Å². The smallest absolute Gasteiger partial charge is 0.343 e. The number of hydrogen-bond acceptors (Lipinski definition) is 7. The van der Waals surface area contributed by atoms with E-state index >= 15 is 0 Å². The number of hydroxylamine groups is 2. The molecule has 2 aliphatic rings. The Bertz CT molecular complexity index is 676. The highest BCUT2D eigenvalue weighted by Gasteiger charge is 2.50. The van der Waals surface area contributed by atoms with Crippen LogP contribution in [0.3, 0.4) is 0 Å². The van der Waals surface area contributed by atoms with E-state index in [1.165, 1.54) is 14.2 Å². The van der Waals surface area contributed by atoms with Gasteiger partial charge in [-0.2, -0.15) is 5.06 Å². The lowest BCUT2D eigenvalue weighted by Crippen LogP contribution is -2.45. The van der Waals surface area contributed by atoms with Gasteiger partial charge in [-0.3, -0.25) is 0 Å². The molecule has 0 atom stereocenters. The third-order valence-corrected chi connectivity index (χ3v) is 4.62. The number of methoxy groups -OCH3 is 2. The van der Waals surface area contributed by atoms with E-state index < -0.39 is 11.6 Å². The van der Waals surface area contributed by atoms with Gasteiger partial charge in [0.25, 0.3) is 0 Å². The highest BCUT2D eigenvalue weighted by molar-refractivity contribution is 6.19. The Morgan fingerprint density at radius 3 is 2.38 bits per heavy atom. The SMILES string of the molecule is COc1ccc(C2=C(O)C3(CCN(OC)CC3)OC2=O)cc1OC. The molecule has 0 amide bonds. The predicted octanol–water partition coefficient (Wildman–Crippen LogP) is 1.93. The molecule has 0 bridgehead atoms. The van der Waals surface area contributed by atoms with E-state index in [4.69, 9.17) is 19.0 Å². The number of aliphatic hydroxyl groups excluding tert-OH is 1. The topological polar surface area (TPSA) is 77.5 Å². The van der Waals surface area contributed by atoms with Gasteiger partial charge in [0.15, 0.2) is 22.9 Å². The van der Waals surface area contributed by atoms with Crippen molar-refractivity contribution in [3.05, 3.63) is 29.5 Å². The van der Waals surface area contributed by atoms with E-state index in [9.17, 15) is 9.90 Å². The van der Waals surface area contributed by atoms with Gasteiger partial charge in [0.05, 0.1) is 21.3 Å². The standard InChI is InChI=1S/C17H21NO6/c1-21-12-5-4-11(10-13(12)22-2)14-15(19)17(24-16(14)20)6-8-18(23-3)9-7-17/h4-5,10,19H,6-9H2,1-3H3. The molecule has 0 aromatic heterocycles. The summed E-state index contributed by atoms with van der Waals surface area (Å²) in [6.07, 6.45) is 0.963. The lowest BCUT2D eigenvalue weighted by atomic mass is 9.88. The molecule has 1 saturated heterocycles. The number of nitrogens with zero attached hydrogens (tertiary/aromatic N) is 1. The lowest BCUT2D eigenvalue weighted by Gasteiger charge is -2.36. The van der Waals surface area contributed by atoms with Crippen LogP contribution in [-0.4, -0.2) is 56.2 Å². The molecule has 1 fully saturated rings. The molecule has 3 rings (SSSR count). The monoisotopic (exact) mass is 335 g/mol. The first-order valence-corrected chi connectivity index (χ1v) is 7.73. The van der Waals surface area contributed by atoms with E-state index in [1.54, 1.807) is 30.4 Å². The van der Waals surface area contributed by atoms with Gasteiger partial charge in [-0.15, -0.1) is 0 Å². The van der Waals surface area contributed by atoms with Crippen LogP contribution in [0.15, 0.2) is 24.0 Å². The van der Waals surface area contributed by atoms with Gasteiger partial charge in [0, 0.05) is 25.9 Å². The molecule has 1 aromatic rings. The lowest BCUT2D eigenvalue weighted by molar-refractivity contribution is -0.182. The minimum absolute atomic E-state index is 0.0181. The summed E-state index contributed by atoms with van der Waals surface area (Å²) in [5.74, 6) is 0.495. The molecular formula is C17H21NO6. The number of rotatable bonds is 4. The number of ether oxygens (including phenoxy) is 3. The van der Waals surface area contributed by atoms with Gasteiger partial charge in [-0.1, -0.05) is 6.07 Å². The second kappa shape index (κ2) is 6.33. The van der Waals surface area contributed by atoms with Crippen LogP contribution < -0.4 is 9.47 Å². The summed E-state index contributed by atoms with van der Waals surface area (Å²) in [4.78, 5) is 17.6. The number of carbonyl (C=O) groups excluding carboxylic acids is 1. The summed E-state index contributed by atoms with van der Waals surface area (Å²) in [5, 5.41) is 12.5. The highest BCUT2D eigenvalue weighted by Crippen LogP contribution is 2.44. The minimum Gasteiger partial charge on any atom is -0.507 e. The van der Waals surface area contributed by atoms with E-state index in [2.05, 4.69) is 0 Å². The normalized spacial score (nSPS) is 20.4. The van der Waals surface area contributed by atoms with E-state index in [0.717, 1.165) is 0 Å². The Hall–Kier alpha value is -2.25. The molecule has 24 heavy (non-hydrogen) atoms. The van der Waals surface area contributed by atoms with Crippen LogP contribution in [0.4, 0.5) is 0 Å². The van der Waals surface area contributed by atoms with Gasteiger partial charge in [0.1, 0.15) is 5.57 Å². The highest BCUT2D eigenvalue weighted by atomic mass is 16.7. The van der Waals surface area contributed by atoms with Crippen LogP contribution in [0.25, 0.3) is 5.57 Å². The van der Waals surface area contributed by atoms with Crippen LogP contribution in [0, 0.1) is 0 Å². The minimum atomic E-state index is -0.964. The number of benzene rings is 1. The van der Waals surface area contributed by atoms with Crippen molar-refractivity contribution in [2.75, 3.05) is 34.4 Å². The summed E-state index contributed by atoms with van der Waals surface area (Å²) in [6, 6.07) is 5.06. The molecule has 0 unspecified atom stereocenters. The van der Waals surface area contributed by atoms with Crippen LogP contribution in [0.5, 0.6) is 11.5 Å². The molecule has 7 nitrogen and oxygen atoms in total. The maximum Gasteiger partial charge on any atom is 0.343 e. The first kappa shape index (κ1) is 16.6. The maximum absolute atomic E-state index is 12.4. The van der Waals surface area contributed by atoms with Crippen molar-refractivity contribution in [1.82, 2.24) is 5.06 Å². The van der Waals surface area contributed by atoms with Crippen LogP contribution in [0.1, 0.15) is 18.4 Å². The fraction of sp³-hybridized carbons (Fsp3) is 0.471. The largest absolute Gasteiger partial charge is 0.507 e. The number of esters is 1. The van der Waals surface area contributed by atoms with Crippen LogP contribution in [-0.2, 0) is 14.4 Å². The number of hydrogen-bond donors (Lipinski definition) is 1. The second-order valence-corrected chi connectivity index (χ2v) is 5.79. The van der Waals surface area contributed by atoms with Gasteiger partial charge >= 0.3 is 5.97 Å². The molecular weight excluding hydrogens is 314 g/mol. The molecule has 1 spiro atoms. The number of piperidine rings is 1. The molecule has 1 N–H and O–H groups in total. The maximum atomic E-state index is 12.4. The van der Waals surface area contributed by atoms with Crippen LogP contribution >= 0.6 is 0 Å². The molecule has 0 radical (unpaired) electrons. The Labute approximate surface area is 140 Å². The first-order chi connectivity index (χ1) is 11.5. The zero-order chi connectivity index (χ0) is 17.3. The summed E-state index contributed by atoms with van der Waals surface area (Å²) < 4.78 is 16.0. The number of aliphatic hydroxyl groups is 1. The molecule has 2 aliphatic heterocycles. The first-order valence-electron chi connectivity index (χ1n) is 7.73. The fourth-order valence-electron chi connectivity index (χ4n) is 3.22. The zero-order valence-corrected chi connectivity index (χ0v) is 14.0. The summed E-state index contributed by atoms with van der Waals surface area (Å²) in [5.41, 5.74) is -0.239. The average molecular weight is 335 g/mol. The van der Waals surface area contributed by atoms with Gasteiger partial charge in [-0.05, 0) is 17.7 Å². The molecule has 2 heterocycles. The van der Waals surface area contributed by atoms with Crippen molar-refractivity contribution in [1.29, 1.82) is 0 Å². The van der Waals surface area contributed by atoms with Gasteiger partial charge < -0.3 is 24.2 Å². The summed E-state index contributed by atoms with van der Waals surface area (Å²) >= 11 is 0. The molecule has 7 heteroatoms. The Morgan fingerprint density at radius 1 is 1.12 bits per heavy atom. The second-order valence-electron chi connectivity index (χ2n) is 5.79. The summed E-state index contributed by atoms with van der Waals surface area (Å²) in [7, 11) is 4.66. The average Bonchev–Trinajstić information content (AvgIpc) is 2.85. The van der Waals surface area contributed by atoms with E-state index in [-0.39, 0.29) is 11.3 Å². The zero-order valence-electron chi connectivity index (χ0n) is 14.0. The van der Waals surface area contributed by atoms with Crippen molar-refractivity contribution in [3.8, 4) is 11.5 Å². The Kier molecular flexibility index (Phi) is 4.38. The van der Waals surface area contributed by atoms with E-state index in [0.29, 0.717) is 43.0 Å². The third-order valence-electron chi connectivity index (χ3n) is 4.62. The molecule has 0 saturated carbocycles. The summed E-state index contributed by atoms with van der Waals surface area (Å²) in [6.45, 7) is 1.15. The molecule has 130 valence electrons. The van der Waals surface area contributed by atoms with Gasteiger partial charge in [0.2, 0.25) is 0 Å². The Balaban J connectivity index is 1.96. The van der Waals surface area contributed by atoms with Crippen molar-refractivity contribution in [2.45, 2.75) is 18.4 Å². The van der Waals surface area contributed by atoms with Crippen LogP contribution in [0.2, 0.25) is 0 Å². The van der Waals surface area contributed by atoms with Crippen molar-refractivity contribution in [3.63, 3.8) is 0 Å². The van der Waals surface area contributed by atoms with Crippen molar-refractivity contribution >= 4 is 11.5 Å². The third kappa shape index (κ3) is 2.59. The Morgan fingerprint density at radius 2 is 1.79 bits per heavy atom.